The van der Waals surface area contributed by atoms with Crippen molar-refractivity contribution < 1.29 is 14.1 Å². The van der Waals surface area contributed by atoms with E-state index in [1.165, 1.54) is 11.1 Å². The lowest BCUT2D eigenvalue weighted by molar-refractivity contribution is -0.128. The van der Waals surface area contributed by atoms with Crippen LogP contribution in [0.4, 0.5) is 0 Å². The number of rotatable bonds is 6. The van der Waals surface area contributed by atoms with E-state index < -0.39 is 0 Å². The molecule has 1 fully saturated rings. The molecule has 1 aliphatic rings. The van der Waals surface area contributed by atoms with Gasteiger partial charge in [-0.2, -0.15) is 4.98 Å². The van der Waals surface area contributed by atoms with Crippen molar-refractivity contribution in [1.82, 2.24) is 15.0 Å². The first kappa shape index (κ1) is 19.2. The Morgan fingerprint density at radius 2 is 2.03 bits per heavy atom. The van der Waals surface area contributed by atoms with Crippen molar-refractivity contribution in [1.29, 1.82) is 0 Å². The molecule has 0 N–H and O–H groups in total. The van der Waals surface area contributed by atoms with Crippen LogP contribution in [-0.4, -0.2) is 34.1 Å². The molecule has 3 aromatic rings. The van der Waals surface area contributed by atoms with E-state index in [0.717, 1.165) is 16.9 Å². The number of aromatic nitrogens is 2. The molecule has 0 radical (unpaired) electrons. The van der Waals surface area contributed by atoms with Crippen LogP contribution < -0.4 is 4.74 Å². The fraction of sp³-hybridized carbons (Fsp3) is 0.348. The first-order valence-corrected chi connectivity index (χ1v) is 9.94. The Hall–Kier alpha value is -3.15. The summed E-state index contributed by atoms with van der Waals surface area (Å²) in [5.74, 6) is 1.94. The SMILES string of the molecule is CCOc1cccc(CN2CC(c3nc(-c4ccc(C)c(C)c4)no3)CC2=O)c1. The molecule has 0 aliphatic carbocycles. The quantitative estimate of drug-likeness (QED) is 0.628. The maximum atomic E-state index is 12.5. The molecule has 1 atom stereocenters. The lowest BCUT2D eigenvalue weighted by Gasteiger charge is -2.16. The van der Waals surface area contributed by atoms with Gasteiger partial charge in [-0.1, -0.05) is 29.4 Å². The van der Waals surface area contributed by atoms with Gasteiger partial charge in [-0.3, -0.25) is 4.79 Å². The highest BCUT2D eigenvalue weighted by Crippen LogP contribution is 2.30. The molecular formula is C23H25N3O3. The summed E-state index contributed by atoms with van der Waals surface area (Å²) in [4.78, 5) is 19.0. The number of carbonyl (C=O) groups excluding carboxylic acids is 1. The van der Waals surface area contributed by atoms with Gasteiger partial charge in [0.2, 0.25) is 17.6 Å². The number of ether oxygens (including phenoxy) is 1. The van der Waals surface area contributed by atoms with E-state index in [2.05, 4.69) is 36.1 Å². The zero-order valence-electron chi connectivity index (χ0n) is 17.0. The van der Waals surface area contributed by atoms with Gasteiger partial charge in [-0.25, -0.2) is 0 Å². The van der Waals surface area contributed by atoms with E-state index in [1.54, 1.807) is 0 Å². The minimum Gasteiger partial charge on any atom is -0.494 e. The average Bonchev–Trinajstić information content (AvgIpc) is 3.32. The van der Waals surface area contributed by atoms with Crippen LogP contribution in [0, 0.1) is 13.8 Å². The van der Waals surface area contributed by atoms with Crippen LogP contribution in [-0.2, 0) is 11.3 Å². The largest absolute Gasteiger partial charge is 0.494 e. The van der Waals surface area contributed by atoms with Gasteiger partial charge in [0.15, 0.2) is 0 Å². The zero-order chi connectivity index (χ0) is 20.4. The number of carbonyl (C=O) groups is 1. The molecule has 1 aliphatic heterocycles. The molecule has 2 heterocycles. The van der Waals surface area contributed by atoms with Gasteiger partial charge in [0.1, 0.15) is 5.75 Å². The van der Waals surface area contributed by atoms with Crippen LogP contribution in [0.1, 0.15) is 41.8 Å². The van der Waals surface area contributed by atoms with E-state index >= 15 is 0 Å². The highest BCUT2D eigenvalue weighted by Gasteiger charge is 2.34. The summed E-state index contributed by atoms with van der Waals surface area (Å²) in [6.07, 6.45) is 0.389. The number of hydrogen-bond acceptors (Lipinski definition) is 5. The third-order valence-electron chi connectivity index (χ3n) is 5.35. The van der Waals surface area contributed by atoms with Crippen LogP contribution in [0.3, 0.4) is 0 Å². The number of nitrogens with zero attached hydrogens (tertiary/aromatic N) is 3. The van der Waals surface area contributed by atoms with Gasteiger partial charge in [0.05, 0.1) is 12.5 Å². The molecule has 0 spiro atoms. The van der Waals surface area contributed by atoms with E-state index in [9.17, 15) is 4.79 Å². The maximum absolute atomic E-state index is 12.5. The molecule has 1 aromatic heterocycles. The second kappa shape index (κ2) is 8.07. The molecule has 1 unspecified atom stereocenters. The number of aryl methyl sites for hydroxylation is 2. The van der Waals surface area contributed by atoms with Gasteiger partial charge in [-0.15, -0.1) is 0 Å². The lowest BCUT2D eigenvalue weighted by atomic mass is 10.1. The van der Waals surface area contributed by atoms with Crippen LogP contribution in [0.5, 0.6) is 5.75 Å². The van der Waals surface area contributed by atoms with Gasteiger partial charge in [0.25, 0.3) is 0 Å². The molecule has 2 aromatic carbocycles. The standard InChI is InChI=1S/C23H25N3O3/c1-4-28-20-7-5-6-17(11-20)13-26-14-19(12-21(26)27)23-24-22(25-29-23)18-9-8-15(2)16(3)10-18/h5-11,19H,4,12-14H2,1-3H3. The summed E-state index contributed by atoms with van der Waals surface area (Å²) >= 11 is 0. The summed E-state index contributed by atoms with van der Waals surface area (Å²) < 4.78 is 11.1. The van der Waals surface area contributed by atoms with E-state index in [-0.39, 0.29) is 11.8 Å². The summed E-state index contributed by atoms with van der Waals surface area (Å²) in [5, 5.41) is 4.14. The average molecular weight is 391 g/mol. The zero-order valence-corrected chi connectivity index (χ0v) is 17.0. The fourth-order valence-electron chi connectivity index (χ4n) is 3.61. The Balaban J connectivity index is 1.46. The minimum atomic E-state index is -0.0784. The second-order valence-corrected chi connectivity index (χ2v) is 7.51. The highest BCUT2D eigenvalue weighted by molar-refractivity contribution is 5.79. The Bertz CT molecular complexity index is 1030. The summed E-state index contributed by atoms with van der Waals surface area (Å²) in [5.41, 5.74) is 4.39. The van der Waals surface area contributed by atoms with Gasteiger partial charge < -0.3 is 14.2 Å². The Labute approximate surface area is 170 Å². The molecule has 0 saturated carbocycles. The molecule has 1 saturated heterocycles. The van der Waals surface area contributed by atoms with Gasteiger partial charge in [0, 0.05) is 25.1 Å². The summed E-state index contributed by atoms with van der Waals surface area (Å²) in [6.45, 7) is 7.84. The number of benzene rings is 2. The fourth-order valence-corrected chi connectivity index (χ4v) is 3.61. The maximum Gasteiger partial charge on any atom is 0.232 e. The van der Waals surface area contributed by atoms with E-state index in [4.69, 9.17) is 9.26 Å². The summed E-state index contributed by atoms with van der Waals surface area (Å²) in [6, 6.07) is 14.0. The van der Waals surface area contributed by atoms with E-state index in [0.29, 0.717) is 37.8 Å². The topological polar surface area (TPSA) is 68.5 Å². The third-order valence-corrected chi connectivity index (χ3v) is 5.35. The molecule has 1 amide bonds. The number of hydrogen-bond donors (Lipinski definition) is 0. The third kappa shape index (κ3) is 4.16. The van der Waals surface area contributed by atoms with Gasteiger partial charge in [-0.05, 0) is 55.7 Å². The van der Waals surface area contributed by atoms with Crippen molar-refractivity contribution in [3.05, 3.63) is 65.0 Å². The van der Waals surface area contributed by atoms with Crippen molar-refractivity contribution in [2.45, 2.75) is 39.7 Å². The predicted molar refractivity (Wildman–Crippen MR) is 110 cm³/mol. The van der Waals surface area contributed by atoms with Crippen LogP contribution in [0.25, 0.3) is 11.4 Å². The van der Waals surface area contributed by atoms with Crippen LogP contribution >= 0.6 is 0 Å². The normalized spacial score (nSPS) is 16.4. The molecule has 6 heteroatoms. The van der Waals surface area contributed by atoms with Crippen molar-refractivity contribution >= 4 is 5.91 Å². The molecule has 150 valence electrons. The smallest absolute Gasteiger partial charge is 0.232 e. The first-order chi connectivity index (χ1) is 14.0. The second-order valence-electron chi connectivity index (χ2n) is 7.51. The minimum absolute atomic E-state index is 0.0784. The Morgan fingerprint density at radius 3 is 2.83 bits per heavy atom. The van der Waals surface area contributed by atoms with Crippen LogP contribution in [0.2, 0.25) is 0 Å². The van der Waals surface area contributed by atoms with Crippen molar-refractivity contribution in [2.75, 3.05) is 13.2 Å². The van der Waals surface area contributed by atoms with E-state index in [1.807, 2.05) is 42.2 Å². The molecular weight excluding hydrogens is 366 g/mol. The first-order valence-electron chi connectivity index (χ1n) is 9.94. The Kier molecular flexibility index (Phi) is 5.34. The number of amides is 1. The lowest BCUT2D eigenvalue weighted by Crippen LogP contribution is -2.24. The van der Waals surface area contributed by atoms with Crippen LogP contribution in [0.15, 0.2) is 47.0 Å². The monoisotopic (exact) mass is 391 g/mol. The summed E-state index contributed by atoms with van der Waals surface area (Å²) in [7, 11) is 0. The molecule has 4 rings (SSSR count). The van der Waals surface area contributed by atoms with Crippen molar-refractivity contribution in [3.63, 3.8) is 0 Å². The predicted octanol–water partition coefficient (Wildman–Crippen LogP) is 4.27. The van der Waals surface area contributed by atoms with Gasteiger partial charge >= 0.3 is 0 Å². The Morgan fingerprint density at radius 1 is 1.17 bits per heavy atom. The molecule has 6 nitrogen and oxygen atoms in total. The molecule has 29 heavy (non-hydrogen) atoms. The highest BCUT2D eigenvalue weighted by atomic mass is 16.5. The number of likely N-dealkylation sites (tertiary alicyclic amines) is 1. The molecule has 0 bridgehead atoms. The van der Waals surface area contributed by atoms with Crippen molar-refractivity contribution in [2.24, 2.45) is 0 Å². The van der Waals surface area contributed by atoms with Crippen molar-refractivity contribution in [3.8, 4) is 17.1 Å².